The zero-order valence-corrected chi connectivity index (χ0v) is 18.4. The van der Waals surface area contributed by atoms with Gasteiger partial charge in [-0.2, -0.15) is 0 Å². The summed E-state index contributed by atoms with van der Waals surface area (Å²) in [5, 5.41) is 1.34. The number of rotatable bonds is 5. The van der Waals surface area contributed by atoms with E-state index in [9.17, 15) is 9.59 Å². The standard InChI is InChI=1S/C25H22N4O4/c1-4-15-7-10-20(27-15)23(25(31)33-3)21-12-9-17(29-21)14-16-8-11-19(28-16)22(24(30)32-2)18-6-5-13-26-18/h4-14,28-29H,1-3H3/b15-4-,17-14-,22-18+,23-21+. The highest BCUT2D eigenvalue weighted by Crippen LogP contribution is 2.23. The summed E-state index contributed by atoms with van der Waals surface area (Å²) in [5.74, 6) is -0.960. The second-order valence-corrected chi connectivity index (χ2v) is 7.10. The third-order valence-electron chi connectivity index (χ3n) is 5.07. The van der Waals surface area contributed by atoms with Crippen LogP contribution >= 0.6 is 0 Å². The van der Waals surface area contributed by atoms with Crippen molar-refractivity contribution >= 4 is 41.1 Å². The predicted molar refractivity (Wildman–Crippen MR) is 127 cm³/mol. The number of esters is 2. The van der Waals surface area contributed by atoms with E-state index in [0.29, 0.717) is 33.6 Å². The summed E-state index contributed by atoms with van der Waals surface area (Å²) in [5.41, 5.74) is 3.87. The number of aliphatic imine (C=N–C) groups is 2. The third kappa shape index (κ3) is 4.45. The minimum absolute atomic E-state index is 0.348. The molecule has 0 bridgehead atoms. The fraction of sp³-hybridized carbons (Fsp3) is 0.120. The SMILES string of the molecule is C/C=C1/C=CC(C(/C(=O)OC)=c2/cc/c(=C/c3ccc(/C(C(=O)OC)=C4/C=CC=N4)[nH]3)[nH]2)=N1. The van der Waals surface area contributed by atoms with Crippen LogP contribution in [0.2, 0.25) is 0 Å². The molecule has 4 rings (SSSR count). The molecule has 0 aromatic carbocycles. The van der Waals surface area contributed by atoms with Crippen LogP contribution in [0.25, 0.3) is 17.2 Å². The molecule has 0 aliphatic carbocycles. The Hall–Kier alpha value is -4.46. The first-order chi connectivity index (χ1) is 16.0. The number of aromatic amines is 2. The minimum atomic E-state index is -0.481. The maximum atomic E-state index is 12.5. The van der Waals surface area contributed by atoms with Crippen LogP contribution in [0.5, 0.6) is 0 Å². The van der Waals surface area contributed by atoms with E-state index >= 15 is 0 Å². The number of methoxy groups -OCH3 is 2. The third-order valence-corrected chi connectivity index (χ3v) is 5.07. The van der Waals surface area contributed by atoms with Gasteiger partial charge in [-0.1, -0.05) is 6.08 Å². The van der Waals surface area contributed by atoms with Crippen LogP contribution < -0.4 is 10.7 Å². The number of nitrogens with zero attached hydrogens (tertiary/aromatic N) is 2. The topological polar surface area (TPSA) is 109 Å². The van der Waals surface area contributed by atoms with E-state index in [1.807, 2.05) is 37.3 Å². The molecule has 0 radical (unpaired) electrons. The van der Waals surface area contributed by atoms with Crippen molar-refractivity contribution in [3.05, 3.63) is 88.1 Å². The molecule has 0 unspecified atom stereocenters. The van der Waals surface area contributed by atoms with Gasteiger partial charge in [0, 0.05) is 17.3 Å². The van der Waals surface area contributed by atoms with E-state index in [-0.39, 0.29) is 0 Å². The van der Waals surface area contributed by atoms with E-state index in [0.717, 1.165) is 16.7 Å². The van der Waals surface area contributed by atoms with Crippen molar-refractivity contribution in [2.75, 3.05) is 14.2 Å². The van der Waals surface area contributed by atoms with E-state index in [1.54, 1.807) is 36.6 Å². The first-order valence-corrected chi connectivity index (χ1v) is 10.2. The lowest BCUT2D eigenvalue weighted by atomic mass is 10.1. The molecule has 166 valence electrons. The van der Waals surface area contributed by atoms with Crippen molar-refractivity contribution in [2.45, 2.75) is 6.92 Å². The van der Waals surface area contributed by atoms with Gasteiger partial charge in [-0.3, -0.25) is 4.99 Å². The van der Waals surface area contributed by atoms with E-state index in [2.05, 4.69) is 20.0 Å². The molecule has 2 aliphatic rings. The molecular formula is C25H22N4O4. The largest absolute Gasteiger partial charge is 0.465 e. The lowest BCUT2D eigenvalue weighted by Gasteiger charge is -2.05. The Morgan fingerprint density at radius 3 is 2.39 bits per heavy atom. The van der Waals surface area contributed by atoms with Gasteiger partial charge in [-0.05, 0) is 61.6 Å². The maximum Gasteiger partial charge on any atom is 0.342 e. The Morgan fingerprint density at radius 1 is 0.939 bits per heavy atom. The summed E-state index contributed by atoms with van der Waals surface area (Å²) in [4.78, 5) is 39.9. The van der Waals surface area contributed by atoms with Crippen LogP contribution in [-0.2, 0) is 19.1 Å². The number of hydrogen-bond donors (Lipinski definition) is 2. The molecule has 0 amide bonds. The van der Waals surface area contributed by atoms with E-state index < -0.39 is 11.9 Å². The number of nitrogens with one attached hydrogen (secondary N) is 2. The van der Waals surface area contributed by atoms with Gasteiger partial charge in [0.25, 0.3) is 0 Å². The van der Waals surface area contributed by atoms with E-state index in [1.165, 1.54) is 14.2 Å². The smallest absolute Gasteiger partial charge is 0.342 e. The molecule has 8 heteroatoms. The van der Waals surface area contributed by atoms with Crippen molar-refractivity contribution in [2.24, 2.45) is 9.98 Å². The van der Waals surface area contributed by atoms with Gasteiger partial charge >= 0.3 is 11.9 Å². The molecule has 0 spiro atoms. The highest BCUT2D eigenvalue weighted by molar-refractivity contribution is 6.44. The van der Waals surface area contributed by atoms with Crippen LogP contribution in [0.1, 0.15) is 18.3 Å². The van der Waals surface area contributed by atoms with Crippen molar-refractivity contribution < 1.29 is 19.1 Å². The molecule has 33 heavy (non-hydrogen) atoms. The molecule has 2 N–H and O–H groups in total. The Morgan fingerprint density at radius 2 is 1.73 bits per heavy atom. The Bertz CT molecular complexity index is 1410. The molecule has 2 aliphatic heterocycles. The van der Waals surface area contributed by atoms with Crippen molar-refractivity contribution in [1.82, 2.24) is 9.97 Å². The minimum Gasteiger partial charge on any atom is -0.465 e. The molecule has 8 nitrogen and oxygen atoms in total. The molecule has 2 aromatic rings. The normalized spacial score (nSPS) is 18.7. The van der Waals surface area contributed by atoms with Crippen LogP contribution in [0.15, 0.2) is 76.0 Å². The molecule has 0 atom stereocenters. The monoisotopic (exact) mass is 442 g/mol. The summed E-state index contributed by atoms with van der Waals surface area (Å²) in [6.45, 7) is 1.88. The fourth-order valence-electron chi connectivity index (χ4n) is 3.49. The average molecular weight is 442 g/mol. The molecule has 0 saturated heterocycles. The highest BCUT2D eigenvalue weighted by atomic mass is 16.5. The number of hydrogen-bond acceptors (Lipinski definition) is 6. The van der Waals surface area contributed by atoms with Crippen LogP contribution in [-0.4, -0.2) is 48.1 Å². The second-order valence-electron chi connectivity index (χ2n) is 7.10. The summed E-state index contributed by atoms with van der Waals surface area (Å²) in [6, 6.07) is 7.28. The molecule has 4 heterocycles. The lowest BCUT2D eigenvalue weighted by Crippen LogP contribution is -2.23. The Balaban J connectivity index is 1.75. The quantitative estimate of drug-likeness (QED) is 0.545. The van der Waals surface area contributed by atoms with E-state index in [4.69, 9.17) is 9.47 Å². The molecule has 0 fully saturated rings. The summed E-state index contributed by atoms with van der Waals surface area (Å²) in [7, 11) is 2.67. The van der Waals surface area contributed by atoms with Crippen LogP contribution in [0.4, 0.5) is 0 Å². The van der Waals surface area contributed by atoms with Crippen molar-refractivity contribution in [1.29, 1.82) is 0 Å². The van der Waals surface area contributed by atoms with Gasteiger partial charge < -0.3 is 19.4 Å². The maximum absolute atomic E-state index is 12.5. The highest BCUT2D eigenvalue weighted by Gasteiger charge is 2.20. The average Bonchev–Trinajstić information content (AvgIpc) is 3.63. The molecular weight excluding hydrogens is 420 g/mol. The second kappa shape index (κ2) is 9.35. The lowest BCUT2D eigenvalue weighted by molar-refractivity contribution is -0.134. The first kappa shape index (κ1) is 21.8. The number of H-pyrrole nitrogens is 2. The zero-order valence-electron chi connectivity index (χ0n) is 18.4. The Labute approximate surface area is 189 Å². The van der Waals surface area contributed by atoms with Gasteiger partial charge in [0.15, 0.2) is 0 Å². The number of allylic oxidation sites excluding steroid dienone is 5. The van der Waals surface area contributed by atoms with Crippen LogP contribution in [0.3, 0.4) is 0 Å². The van der Waals surface area contributed by atoms with Gasteiger partial charge in [-0.25, -0.2) is 14.6 Å². The number of aromatic nitrogens is 2. The summed E-state index contributed by atoms with van der Waals surface area (Å²) in [6.07, 6.45) is 12.5. The summed E-state index contributed by atoms with van der Waals surface area (Å²) >= 11 is 0. The van der Waals surface area contributed by atoms with Gasteiger partial charge in [0.2, 0.25) is 0 Å². The summed E-state index contributed by atoms with van der Waals surface area (Å²) < 4.78 is 9.90. The zero-order chi connectivity index (χ0) is 23.4. The number of carbonyl (C=O) groups is 2. The van der Waals surface area contributed by atoms with Gasteiger partial charge in [0.1, 0.15) is 11.1 Å². The first-order valence-electron chi connectivity index (χ1n) is 10.2. The molecule has 0 saturated carbocycles. The van der Waals surface area contributed by atoms with Gasteiger partial charge in [0.05, 0.1) is 42.4 Å². The van der Waals surface area contributed by atoms with Crippen LogP contribution in [0, 0.1) is 0 Å². The van der Waals surface area contributed by atoms with Crippen molar-refractivity contribution in [3.8, 4) is 0 Å². The number of ether oxygens (including phenoxy) is 2. The molecule has 2 aromatic heterocycles. The fourth-order valence-corrected chi connectivity index (χ4v) is 3.49. The number of carbonyl (C=O) groups excluding carboxylic acids is 2. The predicted octanol–water partition coefficient (Wildman–Crippen LogP) is 1.93. The Kier molecular flexibility index (Phi) is 6.17. The van der Waals surface area contributed by atoms with Crippen molar-refractivity contribution in [3.63, 3.8) is 0 Å². The van der Waals surface area contributed by atoms with Gasteiger partial charge in [-0.15, -0.1) is 0 Å².